The highest BCUT2D eigenvalue weighted by Gasteiger charge is 2.14. The number of phenols is 1. The Balaban J connectivity index is 0.00000125. The first-order valence-electron chi connectivity index (χ1n) is 11.3. The lowest BCUT2D eigenvalue weighted by molar-refractivity contribution is 0.221. The Labute approximate surface area is 184 Å². The summed E-state index contributed by atoms with van der Waals surface area (Å²) >= 11 is 0. The maximum absolute atomic E-state index is 14.1. The topological polar surface area (TPSA) is 26.7 Å². The molecule has 30 heavy (non-hydrogen) atoms. The van der Waals surface area contributed by atoms with Crippen molar-refractivity contribution in [3.63, 3.8) is 0 Å². The average molecular weight is 419 g/mol. The van der Waals surface area contributed by atoms with Crippen molar-refractivity contribution in [3.8, 4) is 5.75 Å². The van der Waals surface area contributed by atoms with Crippen molar-refractivity contribution in [2.24, 2.45) is 0 Å². The summed E-state index contributed by atoms with van der Waals surface area (Å²) in [5, 5.41) is 9.99. The summed E-state index contributed by atoms with van der Waals surface area (Å²) in [6.07, 6.45) is 3.64. The highest BCUT2D eigenvalue weighted by atomic mass is 19.1. The number of halogens is 1. The number of rotatable bonds is 9. The van der Waals surface area contributed by atoms with E-state index in [9.17, 15) is 9.50 Å². The second-order valence-corrected chi connectivity index (χ2v) is 7.42. The third-order valence-electron chi connectivity index (χ3n) is 4.65. The zero-order valence-electron chi connectivity index (χ0n) is 20.2. The van der Waals surface area contributed by atoms with Crippen LogP contribution in [0.2, 0.25) is 0 Å². The molecule has 4 heteroatoms. The molecule has 0 fully saturated rings. The van der Waals surface area contributed by atoms with Crippen LogP contribution in [0, 0.1) is 5.82 Å². The summed E-state index contributed by atoms with van der Waals surface area (Å²) < 4.78 is 14.1. The minimum Gasteiger partial charge on any atom is -0.508 e. The lowest BCUT2D eigenvalue weighted by Gasteiger charge is -2.25. The monoisotopic (exact) mass is 418 g/mol. The normalized spacial score (nSPS) is 10.3. The Kier molecular flexibility index (Phi) is 15.8. The first kappa shape index (κ1) is 28.1. The minimum absolute atomic E-state index is 0.0205. The third-order valence-corrected chi connectivity index (χ3v) is 4.65. The molecule has 0 aliphatic rings. The number of aromatic hydroxyl groups is 1. The zero-order valence-corrected chi connectivity index (χ0v) is 20.2. The van der Waals surface area contributed by atoms with E-state index in [1.165, 1.54) is 36.1 Å². The molecule has 0 aliphatic heterocycles. The number of nitrogens with zero attached hydrogens (tertiary/aromatic N) is 2. The van der Waals surface area contributed by atoms with Gasteiger partial charge < -0.3 is 10.0 Å². The first-order valence-corrected chi connectivity index (χ1v) is 11.3. The van der Waals surface area contributed by atoms with Crippen molar-refractivity contribution in [1.29, 1.82) is 0 Å². The maximum Gasteiger partial charge on any atom is 0.131 e. The highest BCUT2D eigenvalue weighted by molar-refractivity contribution is 5.33. The van der Waals surface area contributed by atoms with Gasteiger partial charge in [0.2, 0.25) is 0 Å². The van der Waals surface area contributed by atoms with Crippen molar-refractivity contribution in [2.75, 3.05) is 27.2 Å². The van der Waals surface area contributed by atoms with Gasteiger partial charge >= 0.3 is 0 Å². The number of benzene rings is 2. The van der Waals surface area contributed by atoms with Gasteiger partial charge in [0.1, 0.15) is 11.6 Å². The SMILES string of the molecule is CC.CCCC.CCc1cccc(CN(CCN(C)C)Cc2c(O)cccc2F)c1. The molecule has 0 unspecified atom stereocenters. The fourth-order valence-corrected chi connectivity index (χ4v) is 2.69. The quantitative estimate of drug-likeness (QED) is 0.504. The molecule has 0 bridgehead atoms. The molecule has 0 radical (unpaired) electrons. The molecular weight excluding hydrogens is 375 g/mol. The molecule has 0 saturated carbocycles. The molecule has 2 aromatic rings. The summed E-state index contributed by atoms with van der Waals surface area (Å²) in [6.45, 7) is 13.3. The lowest BCUT2D eigenvalue weighted by atomic mass is 10.1. The molecule has 2 aromatic carbocycles. The van der Waals surface area contributed by atoms with Gasteiger partial charge in [-0.05, 0) is 43.8 Å². The van der Waals surface area contributed by atoms with E-state index in [1.54, 1.807) is 6.07 Å². The van der Waals surface area contributed by atoms with Gasteiger partial charge in [-0.1, -0.05) is 77.8 Å². The van der Waals surface area contributed by atoms with Gasteiger partial charge in [0.25, 0.3) is 0 Å². The van der Waals surface area contributed by atoms with Gasteiger partial charge in [0, 0.05) is 31.7 Å². The molecule has 0 heterocycles. The van der Waals surface area contributed by atoms with Crippen molar-refractivity contribution in [3.05, 3.63) is 65.0 Å². The first-order chi connectivity index (χ1) is 14.4. The number of likely N-dealkylation sites (N-methyl/N-ethyl adjacent to an activating group) is 1. The average Bonchev–Trinajstić information content (AvgIpc) is 2.76. The maximum atomic E-state index is 14.1. The second kappa shape index (κ2) is 16.8. The Bertz CT molecular complexity index is 666. The van der Waals surface area contributed by atoms with Crippen LogP contribution in [0.15, 0.2) is 42.5 Å². The van der Waals surface area contributed by atoms with Crippen LogP contribution in [0.25, 0.3) is 0 Å². The summed E-state index contributed by atoms with van der Waals surface area (Å²) in [5.41, 5.74) is 2.88. The van der Waals surface area contributed by atoms with Crippen LogP contribution in [0.3, 0.4) is 0 Å². The second-order valence-electron chi connectivity index (χ2n) is 7.42. The largest absolute Gasteiger partial charge is 0.508 e. The van der Waals surface area contributed by atoms with E-state index in [-0.39, 0.29) is 11.6 Å². The molecule has 0 saturated heterocycles. The van der Waals surface area contributed by atoms with Gasteiger partial charge in [-0.3, -0.25) is 4.90 Å². The van der Waals surface area contributed by atoms with E-state index in [1.807, 2.05) is 27.9 Å². The fraction of sp³-hybridized carbons (Fsp3) is 0.538. The van der Waals surface area contributed by atoms with Crippen LogP contribution in [-0.2, 0) is 19.5 Å². The van der Waals surface area contributed by atoms with Crippen molar-refractivity contribution < 1.29 is 9.50 Å². The Morgan fingerprint density at radius 3 is 1.97 bits per heavy atom. The fourth-order valence-electron chi connectivity index (χ4n) is 2.69. The lowest BCUT2D eigenvalue weighted by Crippen LogP contribution is -2.31. The number of hydrogen-bond donors (Lipinski definition) is 1. The van der Waals surface area contributed by atoms with Gasteiger partial charge in [-0.25, -0.2) is 4.39 Å². The molecule has 0 amide bonds. The van der Waals surface area contributed by atoms with Crippen molar-refractivity contribution in [2.45, 2.75) is 67.0 Å². The summed E-state index contributed by atoms with van der Waals surface area (Å²) in [7, 11) is 4.05. The summed E-state index contributed by atoms with van der Waals surface area (Å²) in [5.74, 6) is -0.334. The summed E-state index contributed by atoms with van der Waals surface area (Å²) in [6, 6.07) is 13.0. The number of aryl methyl sites for hydroxylation is 1. The van der Waals surface area contributed by atoms with Gasteiger partial charge in [0.15, 0.2) is 0 Å². The molecule has 170 valence electrons. The summed E-state index contributed by atoms with van der Waals surface area (Å²) in [4.78, 5) is 4.28. The molecular formula is C26H43FN2O. The molecule has 2 rings (SSSR count). The molecule has 3 nitrogen and oxygen atoms in total. The predicted octanol–water partition coefficient (Wildman–Crippen LogP) is 6.49. The molecule has 0 spiro atoms. The zero-order chi connectivity index (χ0) is 22.9. The van der Waals surface area contributed by atoms with E-state index in [2.05, 4.69) is 54.8 Å². The van der Waals surface area contributed by atoms with Crippen LogP contribution in [0.1, 0.15) is 64.2 Å². The Morgan fingerprint density at radius 1 is 0.833 bits per heavy atom. The van der Waals surface area contributed by atoms with Gasteiger partial charge in [0.05, 0.1) is 0 Å². The van der Waals surface area contributed by atoms with E-state index in [4.69, 9.17) is 0 Å². The molecule has 0 aromatic heterocycles. The van der Waals surface area contributed by atoms with Gasteiger partial charge in [-0.15, -0.1) is 0 Å². The van der Waals surface area contributed by atoms with Crippen LogP contribution < -0.4 is 0 Å². The smallest absolute Gasteiger partial charge is 0.131 e. The van der Waals surface area contributed by atoms with E-state index < -0.39 is 0 Å². The minimum atomic E-state index is -0.354. The number of hydrogen-bond acceptors (Lipinski definition) is 3. The standard InChI is InChI=1S/C20H27FN2O.C4H10.C2H6/c1-4-16-7-5-8-17(13-16)14-23(12-11-22(2)3)15-18-19(21)9-6-10-20(18)24;1-3-4-2;1-2/h5-10,13,24H,4,11-12,14-15H2,1-3H3;3-4H2,1-2H3;1-2H3. The Morgan fingerprint density at radius 2 is 1.43 bits per heavy atom. The van der Waals surface area contributed by atoms with Crippen LogP contribution in [0.4, 0.5) is 4.39 Å². The van der Waals surface area contributed by atoms with Crippen LogP contribution in [0.5, 0.6) is 5.75 Å². The van der Waals surface area contributed by atoms with Crippen molar-refractivity contribution >= 4 is 0 Å². The van der Waals surface area contributed by atoms with E-state index in [0.29, 0.717) is 12.1 Å². The Hall–Kier alpha value is -1.91. The van der Waals surface area contributed by atoms with Crippen molar-refractivity contribution in [1.82, 2.24) is 9.80 Å². The highest BCUT2D eigenvalue weighted by Crippen LogP contribution is 2.22. The third kappa shape index (κ3) is 11.3. The number of unbranched alkanes of at least 4 members (excludes halogenated alkanes) is 1. The van der Waals surface area contributed by atoms with Gasteiger partial charge in [-0.2, -0.15) is 0 Å². The molecule has 1 N–H and O–H groups in total. The van der Waals surface area contributed by atoms with Crippen LogP contribution >= 0.6 is 0 Å². The van der Waals surface area contributed by atoms with Crippen LogP contribution in [-0.4, -0.2) is 42.1 Å². The van der Waals surface area contributed by atoms with E-state index >= 15 is 0 Å². The predicted molar refractivity (Wildman–Crippen MR) is 128 cm³/mol. The van der Waals surface area contributed by atoms with E-state index in [0.717, 1.165) is 26.1 Å². The molecule has 0 aliphatic carbocycles. The molecule has 0 atom stereocenters. The number of phenolic OH excluding ortho intramolecular Hbond substituents is 1.